The maximum absolute atomic E-state index is 13.1. The predicted octanol–water partition coefficient (Wildman–Crippen LogP) is 4.48. The van der Waals surface area contributed by atoms with Crippen LogP contribution in [0, 0.1) is 15.9 Å². The van der Waals surface area contributed by atoms with Crippen LogP contribution < -0.4 is 10.2 Å². The SMILES string of the molecule is O=C1CN(C(=O)c2ccc(Sc3ccc(F)cc3)c([N+](=O)[O-])c2)c2ccccc2N1. The molecule has 1 N–H and O–H groups in total. The Bertz CT molecular complexity index is 1170. The molecule has 0 aromatic heterocycles. The number of fused-ring (bicyclic) bond motifs is 1. The second kappa shape index (κ2) is 7.96. The fraction of sp³-hybridized carbons (Fsp3) is 0.0476. The molecular weight excluding hydrogens is 409 g/mol. The van der Waals surface area contributed by atoms with E-state index < -0.39 is 16.6 Å². The minimum atomic E-state index is -0.570. The quantitative estimate of drug-likeness (QED) is 0.493. The fourth-order valence-corrected chi connectivity index (χ4v) is 3.98. The number of carbonyl (C=O) groups is 2. The van der Waals surface area contributed by atoms with Gasteiger partial charge in [-0.05, 0) is 48.5 Å². The zero-order valence-corrected chi connectivity index (χ0v) is 16.2. The van der Waals surface area contributed by atoms with E-state index in [0.29, 0.717) is 21.2 Å². The molecular formula is C21H14FN3O4S. The van der Waals surface area contributed by atoms with Gasteiger partial charge in [-0.3, -0.25) is 24.6 Å². The minimum absolute atomic E-state index is 0.0923. The van der Waals surface area contributed by atoms with Crippen molar-refractivity contribution in [3.63, 3.8) is 0 Å². The van der Waals surface area contributed by atoms with E-state index in [-0.39, 0.29) is 23.7 Å². The predicted molar refractivity (Wildman–Crippen MR) is 110 cm³/mol. The summed E-state index contributed by atoms with van der Waals surface area (Å²) >= 11 is 1.10. The smallest absolute Gasteiger partial charge is 0.284 e. The van der Waals surface area contributed by atoms with Crippen LogP contribution in [0.25, 0.3) is 0 Å². The number of amides is 2. The van der Waals surface area contributed by atoms with E-state index in [4.69, 9.17) is 0 Å². The molecule has 0 saturated carbocycles. The molecule has 0 saturated heterocycles. The monoisotopic (exact) mass is 423 g/mol. The van der Waals surface area contributed by atoms with E-state index in [1.54, 1.807) is 24.3 Å². The number of para-hydroxylation sites is 2. The average molecular weight is 423 g/mol. The number of hydrogen-bond donors (Lipinski definition) is 1. The van der Waals surface area contributed by atoms with Crippen molar-refractivity contribution in [1.82, 2.24) is 0 Å². The van der Waals surface area contributed by atoms with Crippen LogP contribution in [-0.2, 0) is 4.79 Å². The van der Waals surface area contributed by atoms with Crippen LogP contribution in [0.15, 0.2) is 76.5 Å². The summed E-state index contributed by atoms with van der Waals surface area (Å²) in [5, 5.41) is 14.3. The molecule has 1 aliphatic heterocycles. The molecule has 0 fully saturated rings. The summed E-state index contributed by atoms with van der Waals surface area (Å²) in [5.41, 5.74) is 0.870. The molecule has 0 atom stereocenters. The summed E-state index contributed by atoms with van der Waals surface area (Å²) in [6, 6.07) is 16.6. The standard InChI is InChI=1S/C21H14FN3O4S/c22-14-6-8-15(9-7-14)30-19-10-5-13(11-18(19)25(28)29)21(27)24-12-20(26)23-16-3-1-2-4-17(16)24/h1-11H,12H2,(H,23,26). The Labute approximate surface area is 174 Å². The van der Waals surface area contributed by atoms with Crippen molar-refractivity contribution in [1.29, 1.82) is 0 Å². The highest BCUT2D eigenvalue weighted by Crippen LogP contribution is 2.36. The number of anilines is 2. The zero-order chi connectivity index (χ0) is 21.3. The van der Waals surface area contributed by atoms with Gasteiger partial charge in [0, 0.05) is 16.5 Å². The van der Waals surface area contributed by atoms with Gasteiger partial charge in [-0.2, -0.15) is 0 Å². The molecule has 2 amide bonds. The third-order valence-corrected chi connectivity index (χ3v) is 5.53. The van der Waals surface area contributed by atoms with Gasteiger partial charge in [-0.25, -0.2) is 4.39 Å². The Hall–Kier alpha value is -3.72. The second-order valence-corrected chi connectivity index (χ2v) is 7.57. The van der Waals surface area contributed by atoms with Gasteiger partial charge >= 0.3 is 0 Å². The third-order valence-electron chi connectivity index (χ3n) is 4.46. The minimum Gasteiger partial charge on any atom is -0.323 e. The van der Waals surface area contributed by atoms with E-state index >= 15 is 0 Å². The zero-order valence-electron chi connectivity index (χ0n) is 15.4. The third kappa shape index (κ3) is 3.87. The van der Waals surface area contributed by atoms with E-state index in [1.807, 2.05) is 0 Å². The van der Waals surface area contributed by atoms with Gasteiger partial charge in [-0.15, -0.1) is 0 Å². The molecule has 9 heteroatoms. The van der Waals surface area contributed by atoms with Crippen LogP contribution in [-0.4, -0.2) is 23.3 Å². The number of nitrogens with zero attached hydrogens (tertiary/aromatic N) is 2. The molecule has 30 heavy (non-hydrogen) atoms. The first kappa shape index (κ1) is 19.6. The largest absolute Gasteiger partial charge is 0.323 e. The van der Waals surface area contributed by atoms with Gasteiger partial charge < -0.3 is 5.32 Å². The lowest BCUT2D eigenvalue weighted by atomic mass is 10.1. The first-order chi connectivity index (χ1) is 14.4. The van der Waals surface area contributed by atoms with Crippen molar-refractivity contribution in [2.75, 3.05) is 16.8 Å². The van der Waals surface area contributed by atoms with Gasteiger partial charge in [0.25, 0.3) is 11.6 Å². The Morgan fingerprint density at radius 1 is 1.10 bits per heavy atom. The van der Waals surface area contributed by atoms with Gasteiger partial charge in [0.15, 0.2) is 0 Å². The molecule has 7 nitrogen and oxygen atoms in total. The number of nitro groups is 1. The highest BCUT2D eigenvalue weighted by Gasteiger charge is 2.29. The van der Waals surface area contributed by atoms with Crippen LogP contribution in [0.5, 0.6) is 0 Å². The number of benzene rings is 3. The lowest BCUT2D eigenvalue weighted by molar-refractivity contribution is -0.387. The summed E-state index contributed by atoms with van der Waals surface area (Å²) in [4.78, 5) is 38.3. The lowest BCUT2D eigenvalue weighted by Crippen LogP contribution is -2.42. The van der Waals surface area contributed by atoms with Crippen LogP contribution in [0.3, 0.4) is 0 Å². The molecule has 4 rings (SSSR count). The van der Waals surface area contributed by atoms with Crippen LogP contribution in [0.4, 0.5) is 21.5 Å². The second-order valence-electron chi connectivity index (χ2n) is 6.45. The maximum Gasteiger partial charge on any atom is 0.284 e. The summed E-state index contributed by atoms with van der Waals surface area (Å²) in [6.07, 6.45) is 0. The Morgan fingerprint density at radius 3 is 2.57 bits per heavy atom. The number of halogens is 1. The number of carbonyl (C=O) groups excluding carboxylic acids is 2. The van der Waals surface area contributed by atoms with E-state index in [0.717, 1.165) is 11.8 Å². The van der Waals surface area contributed by atoms with Crippen molar-refractivity contribution >= 4 is 40.6 Å². The summed E-state index contributed by atoms with van der Waals surface area (Å²) in [6.45, 7) is -0.185. The number of nitro benzene ring substituents is 1. The van der Waals surface area contributed by atoms with Gasteiger partial charge in [0.1, 0.15) is 12.4 Å². The normalized spacial score (nSPS) is 12.8. The number of hydrogen-bond acceptors (Lipinski definition) is 5. The van der Waals surface area contributed by atoms with Crippen molar-refractivity contribution in [2.24, 2.45) is 0 Å². The van der Waals surface area contributed by atoms with Crippen molar-refractivity contribution in [3.05, 3.63) is 88.2 Å². The van der Waals surface area contributed by atoms with Gasteiger partial charge in [-0.1, -0.05) is 23.9 Å². The molecule has 0 aliphatic carbocycles. The van der Waals surface area contributed by atoms with E-state index in [9.17, 15) is 24.1 Å². The van der Waals surface area contributed by atoms with Crippen LogP contribution in [0.1, 0.15) is 10.4 Å². The molecule has 3 aromatic carbocycles. The molecule has 150 valence electrons. The Kier molecular flexibility index (Phi) is 5.20. The molecule has 1 aliphatic rings. The molecule has 0 unspecified atom stereocenters. The van der Waals surface area contributed by atoms with Crippen LogP contribution >= 0.6 is 11.8 Å². The highest BCUT2D eigenvalue weighted by molar-refractivity contribution is 7.99. The molecule has 3 aromatic rings. The maximum atomic E-state index is 13.1. The molecule has 0 bridgehead atoms. The van der Waals surface area contributed by atoms with Gasteiger partial charge in [0.2, 0.25) is 5.91 Å². The van der Waals surface area contributed by atoms with Crippen molar-refractivity contribution in [2.45, 2.75) is 9.79 Å². The van der Waals surface area contributed by atoms with Crippen LogP contribution in [0.2, 0.25) is 0 Å². The summed E-state index contributed by atoms with van der Waals surface area (Å²) < 4.78 is 13.1. The van der Waals surface area contributed by atoms with E-state index in [2.05, 4.69) is 5.32 Å². The van der Waals surface area contributed by atoms with Crippen molar-refractivity contribution < 1.29 is 18.9 Å². The molecule has 0 radical (unpaired) electrons. The fourth-order valence-electron chi connectivity index (χ4n) is 3.08. The first-order valence-corrected chi connectivity index (χ1v) is 9.66. The topological polar surface area (TPSA) is 92.5 Å². The number of rotatable bonds is 4. The Balaban J connectivity index is 1.67. The number of nitrogens with one attached hydrogen (secondary N) is 1. The average Bonchev–Trinajstić information content (AvgIpc) is 2.74. The molecule has 0 spiro atoms. The summed E-state index contributed by atoms with van der Waals surface area (Å²) in [7, 11) is 0. The summed E-state index contributed by atoms with van der Waals surface area (Å²) in [5.74, 6) is -1.26. The Morgan fingerprint density at radius 2 is 1.83 bits per heavy atom. The first-order valence-electron chi connectivity index (χ1n) is 8.85. The van der Waals surface area contributed by atoms with E-state index in [1.165, 1.54) is 47.4 Å². The van der Waals surface area contributed by atoms with Gasteiger partial charge in [0.05, 0.1) is 21.2 Å². The molecule has 1 heterocycles. The highest BCUT2D eigenvalue weighted by atomic mass is 32.2. The van der Waals surface area contributed by atoms with Crippen molar-refractivity contribution in [3.8, 4) is 0 Å². The lowest BCUT2D eigenvalue weighted by Gasteiger charge is -2.29.